The lowest BCUT2D eigenvalue weighted by molar-refractivity contribution is -0.131. The summed E-state index contributed by atoms with van der Waals surface area (Å²) in [5.74, 6) is -0.670. The van der Waals surface area contributed by atoms with Gasteiger partial charge >= 0.3 is 5.97 Å². The maximum atomic E-state index is 12.7. The topological polar surface area (TPSA) is 46.6 Å². The molecule has 1 spiro atoms. The average Bonchev–Trinajstić information content (AvgIpc) is 2.90. The first-order valence-corrected chi connectivity index (χ1v) is 6.37. The molecule has 0 aromatic heterocycles. The van der Waals surface area contributed by atoms with Crippen LogP contribution in [0.15, 0.2) is 48.5 Å². The van der Waals surface area contributed by atoms with Crippen LogP contribution >= 0.6 is 0 Å². The minimum absolute atomic E-state index is 0.225. The number of amides is 1. The Morgan fingerprint density at radius 1 is 0.950 bits per heavy atom. The molecule has 4 heteroatoms. The first-order valence-electron chi connectivity index (χ1n) is 6.37. The number of fused-ring (bicyclic) bond motifs is 4. The van der Waals surface area contributed by atoms with Crippen LogP contribution in [0.5, 0.6) is 0 Å². The average molecular weight is 265 g/mol. The third kappa shape index (κ3) is 1.08. The molecule has 4 rings (SSSR count). The van der Waals surface area contributed by atoms with Crippen LogP contribution in [0, 0.1) is 0 Å². The summed E-state index contributed by atoms with van der Waals surface area (Å²) in [5.41, 5.74) is 1.30. The molecular weight excluding hydrogens is 254 g/mol. The van der Waals surface area contributed by atoms with Gasteiger partial charge in [-0.1, -0.05) is 36.4 Å². The second kappa shape index (κ2) is 3.48. The Morgan fingerprint density at radius 3 is 2.40 bits per heavy atom. The molecule has 4 nitrogen and oxygen atoms in total. The molecule has 1 unspecified atom stereocenters. The van der Waals surface area contributed by atoms with Gasteiger partial charge in [0.15, 0.2) is 0 Å². The molecule has 0 saturated carbocycles. The van der Waals surface area contributed by atoms with E-state index in [1.165, 1.54) is 0 Å². The van der Waals surface area contributed by atoms with E-state index >= 15 is 0 Å². The second-order valence-electron chi connectivity index (χ2n) is 5.00. The molecule has 2 aliphatic rings. The maximum absolute atomic E-state index is 12.7. The van der Waals surface area contributed by atoms with E-state index in [1.807, 2.05) is 30.3 Å². The smallest absolute Gasteiger partial charge is 0.340 e. The minimum atomic E-state index is -1.31. The number of nitrogens with zero attached hydrogens (tertiary/aromatic N) is 1. The van der Waals surface area contributed by atoms with E-state index in [1.54, 1.807) is 30.1 Å². The van der Waals surface area contributed by atoms with Crippen molar-refractivity contribution in [3.05, 3.63) is 65.2 Å². The lowest BCUT2D eigenvalue weighted by Crippen LogP contribution is -2.39. The van der Waals surface area contributed by atoms with Crippen LogP contribution in [0.2, 0.25) is 0 Å². The Balaban J connectivity index is 2.09. The summed E-state index contributed by atoms with van der Waals surface area (Å²) in [6, 6.07) is 14.5. The fourth-order valence-electron chi connectivity index (χ4n) is 3.10. The molecule has 1 amide bonds. The number of hydrogen-bond donors (Lipinski definition) is 0. The lowest BCUT2D eigenvalue weighted by atomic mass is 9.87. The van der Waals surface area contributed by atoms with E-state index in [-0.39, 0.29) is 5.91 Å². The zero-order valence-corrected chi connectivity index (χ0v) is 10.8. The molecule has 0 saturated heterocycles. The summed E-state index contributed by atoms with van der Waals surface area (Å²) >= 11 is 0. The molecule has 0 bridgehead atoms. The van der Waals surface area contributed by atoms with Crippen molar-refractivity contribution in [2.45, 2.75) is 5.60 Å². The number of benzene rings is 2. The molecule has 2 heterocycles. The highest BCUT2D eigenvalue weighted by molar-refractivity contribution is 6.14. The van der Waals surface area contributed by atoms with Crippen LogP contribution in [0.25, 0.3) is 0 Å². The van der Waals surface area contributed by atoms with Gasteiger partial charge in [0, 0.05) is 18.2 Å². The number of carbonyl (C=O) groups excluding carboxylic acids is 2. The van der Waals surface area contributed by atoms with Gasteiger partial charge in [-0.15, -0.1) is 0 Å². The van der Waals surface area contributed by atoms with Gasteiger partial charge in [-0.05, 0) is 12.1 Å². The monoisotopic (exact) mass is 265 g/mol. The fraction of sp³-hybridized carbons (Fsp3) is 0.125. The summed E-state index contributed by atoms with van der Waals surface area (Å²) in [6.45, 7) is 0. The van der Waals surface area contributed by atoms with Gasteiger partial charge < -0.3 is 9.64 Å². The summed E-state index contributed by atoms with van der Waals surface area (Å²) in [7, 11) is 1.70. The summed E-state index contributed by atoms with van der Waals surface area (Å²) in [6.07, 6.45) is 0. The van der Waals surface area contributed by atoms with Gasteiger partial charge in [-0.2, -0.15) is 0 Å². The zero-order valence-electron chi connectivity index (χ0n) is 10.8. The van der Waals surface area contributed by atoms with E-state index in [0.29, 0.717) is 11.1 Å². The van der Waals surface area contributed by atoms with Crippen LogP contribution in [-0.2, 0) is 15.1 Å². The highest BCUT2D eigenvalue weighted by Crippen LogP contribution is 2.50. The predicted octanol–water partition coefficient (Wildman–Crippen LogP) is 2.08. The second-order valence-corrected chi connectivity index (χ2v) is 5.00. The summed E-state index contributed by atoms with van der Waals surface area (Å²) < 4.78 is 5.56. The van der Waals surface area contributed by atoms with Crippen molar-refractivity contribution in [2.24, 2.45) is 0 Å². The quantitative estimate of drug-likeness (QED) is 0.685. The van der Waals surface area contributed by atoms with Crippen LogP contribution in [0.3, 0.4) is 0 Å². The van der Waals surface area contributed by atoms with Crippen molar-refractivity contribution in [1.82, 2.24) is 0 Å². The number of carbonyl (C=O) groups is 2. The van der Waals surface area contributed by atoms with Crippen molar-refractivity contribution in [1.29, 1.82) is 0 Å². The maximum Gasteiger partial charge on any atom is 0.340 e. The normalized spacial score (nSPS) is 22.9. The van der Waals surface area contributed by atoms with Crippen LogP contribution in [0.4, 0.5) is 5.69 Å². The molecule has 0 aliphatic carbocycles. The largest absolute Gasteiger partial charge is 0.435 e. The number of hydrogen-bond acceptors (Lipinski definition) is 3. The molecule has 0 fully saturated rings. The van der Waals surface area contributed by atoms with E-state index in [9.17, 15) is 9.59 Å². The Hall–Kier alpha value is -2.62. The van der Waals surface area contributed by atoms with Gasteiger partial charge in [0.1, 0.15) is 0 Å². The zero-order chi connectivity index (χ0) is 13.9. The number of likely N-dealkylation sites (N-methyl/N-ethyl adjacent to an activating group) is 1. The number of ether oxygens (including phenoxy) is 1. The van der Waals surface area contributed by atoms with Crippen molar-refractivity contribution < 1.29 is 14.3 Å². The van der Waals surface area contributed by atoms with E-state index in [0.717, 1.165) is 11.3 Å². The van der Waals surface area contributed by atoms with Crippen LogP contribution in [0.1, 0.15) is 21.5 Å². The standard InChI is InChI=1S/C16H11NO3/c1-17-13-9-5-4-8-12(13)16(15(17)19)11-7-3-2-6-10(11)14(18)20-16/h2-9H,1H3. The van der Waals surface area contributed by atoms with E-state index < -0.39 is 11.6 Å². The van der Waals surface area contributed by atoms with Gasteiger partial charge in [0.25, 0.3) is 5.91 Å². The molecule has 2 aromatic rings. The Morgan fingerprint density at radius 2 is 1.60 bits per heavy atom. The number of anilines is 1. The van der Waals surface area contributed by atoms with Gasteiger partial charge in [0.2, 0.25) is 5.60 Å². The minimum Gasteiger partial charge on any atom is -0.435 e. The molecule has 20 heavy (non-hydrogen) atoms. The number of esters is 1. The van der Waals surface area contributed by atoms with Gasteiger partial charge in [0.05, 0.1) is 11.3 Å². The molecule has 0 N–H and O–H groups in total. The molecular formula is C16H11NO3. The lowest BCUT2D eigenvalue weighted by Gasteiger charge is -2.22. The molecule has 2 aromatic carbocycles. The predicted molar refractivity (Wildman–Crippen MR) is 72.5 cm³/mol. The Labute approximate surface area is 115 Å². The third-order valence-corrected chi connectivity index (χ3v) is 4.02. The fourth-order valence-corrected chi connectivity index (χ4v) is 3.10. The van der Waals surface area contributed by atoms with E-state index in [2.05, 4.69) is 0 Å². The SMILES string of the molecule is CN1C(=O)C2(OC(=O)c3ccccc32)c2ccccc21. The third-order valence-electron chi connectivity index (χ3n) is 4.02. The number of rotatable bonds is 0. The highest BCUT2D eigenvalue weighted by Gasteiger charge is 2.59. The summed E-state index contributed by atoms with van der Waals surface area (Å²) in [5, 5.41) is 0. The van der Waals surface area contributed by atoms with Crippen LogP contribution in [-0.4, -0.2) is 18.9 Å². The molecule has 1 atom stereocenters. The van der Waals surface area contributed by atoms with Gasteiger partial charge in [-0.3, -0.25) is 4.79 Å². The van der Waals surface area contributed by atoms with Crippen molar-refractivity contribution in [2.75, 3.05) is 11.9 Å². The van der Waals surface area contributed by atoms with Crippen LogP contribution < -0.4 is 4.90 Å². The molecule has 98 valence electrons. The van der Waals surface area contributed by atoms with Crippen molar-refractivity contribution in [3.8, 4) is 0 Å². The molecule has 0 radical (unpaired) electrons. The van der Waals surface area contributed by atoms with Crippen molar-refractivity contribution >= 4 is 17.6 Å². The first-order chi connectivity index (χ1) is 9.66. The Bertz CT molecular complexity index is 768. The number of para-hydroxylation sites is 1. The highest BCUT2D eigenvalue weighted by atomic mass is 16.6. The molecule has 2 aliphatic heterocycles. The Kier molecular flexibility index (Phi) is 1.95. The summed E-state index contributed by atoms with van der Waals surface area (Å²) in [4.78, 5) is 26.4. The van der Waals surface area contributed by atoms with Crippen molar-refractivity contribution in [3.63, 3.8) is 0 Å². The first kappa shape index (κ1) is 11.2. The van der Waals surface area contributed by atoms with Gasteiger partial charge in [-0.25, -0.2) is 4.79 Å². The van der Waals surface area contributed by atoms with E-state index in [4.69, 9.17) is 4.74 Å².